The first kappa shape index (κ1) is 20.5. The first-order chi connectivity index (χ1) is 13.3. The number of nitrogens with zero attached hydrogens (tertiary/aromatic N) is 5. The second kappa shape index (κ2) is 8.43. The predicted octanol–water partition coefficient (Wildman–Crippen LogP) is 1.02. The topological polar surface area (TPSA) is 78.9 Å². The van der Waals surface area contributed by atoms with Gasteiger partial charge in [-0.15, -0.1) is 0 Å². The van der Waals surface area contributed by atoms with Gasteiger partial charge in [-0.2, -0.15) is 0 Å². The van der Waals surface area contributed by atoms with Gasteiger partial charge in [0.2, 0.25) is 11.8 Å². The Morgan fingerprint density at radius 1 is 1.29 bits per heavy atom. The molecule has 2 aliphatic heterocycles. The number of hydrogen-bond donors (Lipinski definition) is 0. The molecule has 3 rings (SSSR count). The van der Waals surface area contributed by atoms with Crippen LogP contribution in [0.4, 0.5) is 5.82 Å². The monoisotopic (exact) mass is 389 g/mol. The SMILES string of the molecule is CCc1cc(N2CCC3(CC2)CN(CC(=O)N(C)C)C(=O)CCO3)nc(C)n1. The highest BCUT2D eigenvalue weighted by molar-refractivity contribution is 5.84. The van der Waals surface area contributed by atoms with E-state index in [2.05, 4.69) is 27.9 Å². The number of ether oxygens (including phenoxy) is 1. The number of piperidine rings is 1. The number of anilines is 1. The van der Waals surface area contributed by atoms with E-state index in [1.54, 1.807) is 19.0 Å². The molecular weight excluding hydrogens is 358 g/mol. The number of aryl methyl sites for hydroxylation is 2. The van der Waals surface area contributed by atoms with Gasteiger partial charge in [0.25, 0.3) is 0 Å². The van der Waals surface area contributed by atoms with Crippen molar-refractivity contribution >= 4 is 17.6 Å². The van der Waals surface area contributed by atoms with E-state index in [1.165, 1.54) is 4.90 Å². The second-order valence-electron chi connectivity index (χ2n) is 7.92. The van der Waals surface area contributed by atoms with E-state index in [1.807, 2.05) is 6.92 Å². The van der Waals surface area contributed by atoms with Gasteiger partial charge in [0.15, 0.2) is 0 Å². The molecule has 2 aliphatic rings. The van der Waals surface area contributed by atoms with E-state index in [-0.39, 0.29) is 24.0 Å². The number of carbonyl (C=O) groups is 2. The number of aromatic nitrogens is 2. The Balaban J connectivity index is 1.70. The van der Waals surface area contributed by atoms with Crippen molar-refractivity contribution in [3.05, 3.63) is 17.6 Å². The highest BCUT2D eigenvalue weighted by atomic mass is 16.5. The summed E-state index contributed by atoms with van der Waals surface area (Å²) >= 11 is 0. The highest BCUT2D eigenvalue weighted by Gasteiger charge is 2.41. The average molecular weight is 390 g/mol. The summed E-state index contributed by atoms with van der Waals surface area (Å²) in [6.45, 7) is 6.64. The summed E-state index contributed by atoms with van der Waals surface area (Å²) < 4.78 is 6.18. The summed E-state index contributed by atoms with van der Waals surface area (Å²) in [5, 5.41) is 0. The molecule has 2 fully saturated rings. The summed E-state index contributed by atoms with van der Waals surface area (Å²) in [4.78, 5) is 39.1. The Kier molecular flexibility index (Phi) is 6.17. The van der Waals surface area contributed by atoms with Gasteiger partial charge in [0.05, 0.1) is 31.7 Å². The van der Waals surface area contributed by atoms with Gasteiger partial charge in [0, 0.05) is 38.9 Å². The van der Waals surface area contributed by atoms with Crippen molar-refractivity contribution in [2.45, 2.75) is 45.1 Å². The molecule has 3 heterocycles. The molecule has 0 aromatic carbocycles. The standard InChI is InChI=1S/C20H31N5O3/c1-5-16-12-17(22-15(2)21-16)24-9-7-20(8-10-24)14-25(13-19(27)23(3)4)18(26)6-11-28-20/h12H,5-11,13-14H2,1-4H3. The Bertz CT molecular complexity index is 729. The van der Waals surface area contributed by atoms with Crippen molar-refractivity contribution in [3.8, 4) is 0 Å². The number of amides is 2. The lowest BCUT2D eigenvalue weighted by atomic mass is 9.90. The van der Waals surface area contributed by atoms with Crippen LogP contribution in [0.1, 0.15) is 37.7 Å². The first-order valence-electron chi connectivity index (χ1n) is 10.0. The van der Waals surface area contributed by atoms with Crippen LogP contribution < -0.4 is 4.90 Å². The van der Waals surface area contributed by atoms with E-state index in [0.29, 0.717) is 19.6 Å². The largest absolute Gasteiger partial charge is 0.372 e. The minimum atomic E-state index is -0.384. The molecular formula is C20H31N5O3. The zero-order valence-corrected chi connectivity index (χ0v) is 17.4. The van der Waals surface area contributed by atoms with Crippen LogP contribution in [-0.2, 0) is 20.7 Å². The lowest BCUT2D eigenvalue weighted by Crippen LogP contribution is -2.53. The molecule has 0 saturated carbocycles. The molecule has 154 valence electrons. The average Bonchev–Trinajstić information content (AvgIpc) is 2.81. The van der Waals surface area contributed by atoms with E-state index in [9.17, 15) is 9.59 Å². The quantitative estimate of drug-likeness (QED) is 0.765. The van der Waals surface area contributed by atoms with E-state index in [4.69, 9.17) is 4.74 Å². The van der Waals surface area contributed by atoms with Gasteiger partial charge in [-0.25, -0.2) is 9.97 Å². The molecule has 28 heavy (non-hydrogen) atoms. The molecule has 0 atom stereocenters. The first-order valence-corrected chi connectivity index (χ1v) is 10.0. The lowest BCUT2D eigenvalue weighted by Gasteiger charge is -2.43. The number of likely N-dealkylation sites (N-methyl/N-ethyl adjacent to an activating group) is 1. The number of carbonyl (C=O) groups excluding carboxylic acids is 2. The Morgan fingerprint density at radius 2 is 2.00 bits per heavy atom. The van der Waals surface area contributed by atoms with Crippen molar-refractivity contribution < 1.29 is 14.3 Å². The van der Waals surface area contributed by atoms with Gasteiger partial charge in [-0.3, -0.25) is 9.59 Å². The van der Waals surface area contributed by atoms with Crippen LogP contribution in [0.2, 0.25) is 0 Å². The van der Waals surface area contributed by atoms with Crippen molar-refractivity contribution in [3.63, 3.8) is 0 Å². The molecule has 1 aromatic rings. The van der Waals surface area contributed by atoms with Gasteiger partial charge in [-0.05, 0) is 26.2 Å². The Labute approximate surface area is 166 Å². The summed E-state index contributed by atoms with van der Waals surface area (Å²) in [5.41, 5.74) is 0.665. The van der Waals surface area contributed by atoms with Crippen molar-refractivity contribution in [1.29, 1.82) is 0 Å². The number of hydrogen-bond acceptors (Lipinski definition) is 6. The fraction of sp³-hybridized carbons (Fsp3) is 0.700. The summed E-state index contributed by atoms with van der Waals surface area (Å²) in [6, 6.07) is 2.06. The normalized spacial score (nSPS) is 19.6. The van der Waals surface area contributed by atoms with Crippen LogP contribution >= 0.6 is 0 Å². The molecule has 0 unspecified atom stereocenters. The zero-order valence-electron chi connectivity index (χ0n) is 17.4. The zero-order chi connectivity index (χ0) is 20.3. The molecule has 1 aromatic heterocycles. The predicted molar refractivity (Wildman–Crippen MR) is 106 cm³/mol. The molecule has 2 amide bonds. The lowest BCUT2D eigenvalue weighted by molar-refractivity contribution is -0.139. The maximum absolute atomic E-state index is 12.4. The summed E-state index contributed by atoms with van der Waals surface area (Å²) in [6.07, 6.45) is 2.82. The molecule has 0 bridgehead atoms. The van der Waals surface area contributed by atoms with Crippen molar-refractivity contribution in [2.24, 2.45) is 0 Å². The molecule has 0 aliphatic carbocycles. The maximum atomic E-state index is 12.4. The molecule has 8 nitrogen and oxygen atoms in total. The minimum Gasteiger partial charge on any atom is -0.372 e. The fourth-order valence-corrected chi connectivity index (χ4v) is 3.84. The Morgan fingerprint density at radius 3 is 2.64 bits per heavy atom. The third-order valence-electron chi connectivity index (χ3n) is 5.62. The molecule has 0 N–H and O–H groups in total. The van der Waals surface area contributed by atoms with Crippen LogP contribution in [0.3, 0.4) is 0 Å². The van der Waals surface area contributed by atoms with Crippen LogP contribution in [-0.4, -0.2) is 84.1 Å². The van der Waals surface area contributed by atoms with E-state index >= 15 is 0 Å². The van der Waals surface area contributed by atoms with Gasteiger partial charge in [0.1, 0.15) is 11.6 Å². The van der Waals surface area contributed by atoms with Crippen LogP contribution in [0.5, 0.6) is 0 Å². The summed E-state index contributed by atoms with van der Waals surface area (Å²) in [7, 11) is 3.42. The molecule has 8 heteroatoms. The smallest absolute Gasteiger partial charge is 0.241 e. The molecule has 0 radical (unpaired) electrons. The van der Waals surface area contributed by atoms with Gasteiger partial charge >= 0.3 is 0 Å². The van der Waals surface area contributed by atoms with E-state index in [0.717, 1.165) is 49.7 Å². The van der Waals surface area contributed by atoms with Crippen LogP contribution in [0, 0.1) is 6.92 Å². The summed E-state index contributed by atoms with van der Waals surface area (Å²) in [5.74, 6) is 1.68. The third kappa shape index (κ3) is 4.60. The molecule has 1 spiro atoms. The molecule has 2 saturated heterocycles. The van der Waals surface area contributed by atoms with Crippen molar-refractivity contribution in [1.82, 2.24) is 19.8 Å². The van der Waals surface area contributed by atoms with Crippen LogP contribution in [0.15, 0.2) is 6.07 Å². The highest BCUT2D eigenvalue weighted by Crippen LogP contribution is 2.32. The Hall–Kier alpha value is -2.22. The second-order valence-corrected chi connectivity index (χ2v) is 7.92. The number of rotatable bonds is 4. The minimum absolute atomic E-state index is 0.00600. The van der Waals surface area contributed by atoms with Gasteiger partial charge < -0.3 is 19.4 Å². The van der Waals surface area contributed by atoms with Crippen LogP contribution in [0.25, 0.3) is 0 Å². The third-order valence-corrected chi connectivity index (χ3v) is 5.62. The van der Waals surface area contributed by atoms with Crippen molar-refractivity contribution in [2.75, 3.05) is 51.8 Å². The fourth-order valence-electron chi connectivity index (χ4n) is 3.84. The van der Waals surface area contributed by atoms with E-state index < -0.39 is 0 Å². The van der Waals surface area contributed by atoms with Gasteiger partial charge in [-0.1, -0.05) is 6.92 Å². The maximum Gasteiger partial charge on any atom is 0.241 e.